The van der Waals surface area contributed by atoms with E-state index < -0.39 is 6.04 Å². The summed E-state index contributed by atoms with van der Waals surface area (Å²) in [6, 6.07) is 18.2. The molecule has 1 aliphatic rings. The topological polar surface area (TPSA) is 71.5 Å². The summed E-state index contributed by atoms with van der Waals surface area (Å²) < 4.78 is 5.19. The number of carbonyl (C=O) groups is 2. The Morgan fingerprint density at radius 2 is 1.94 bits per heavy atom. The molecule has 158 valence electrons. The largest absolute Gasteiger partial charge is 0.497 e. The van der Waals surface area contributed by atoms with Gasteiger partial charge in [0.1, 0.15) is 5.75 Å². The molecule has 0 spiro atoms. The van der Waals surface area contributed by atoms with Gasteiger partial charge in [-0.15, -0.1) is 0 Å². The van der Waals surface area contributed by atoms with Crippen LogP contribution in [0.2, 0.25) is 0 Å². The summed E-state index contributed by atoms with van der Waals surface area (Å²) >= 11 is 0. The second kappa shape index (κ2) is 8.60. The van der Waals surface area contributed by atoms with Gasteiger partial charge >= 0.3 is 0 Å². The molecule has 2 atom stereocenters. The number of ether oxygens (including phenoxy) is 1. The molecule has 0 radical (unpaired) electrons. The number of aryl methyl sites for hydroxylation is 1. The summed E-state index contributed by atoms with van der Waals surface area (Å²) in [5.41, 5.74) is 3.98. The molecule has 2 unspecified atom stereocenters. The highest BCUT2D eigenvalue weighted by atomic mass is 16.5. The van der Waals surface area contributed by atoms with Crippen LogP contribution in [0, 0.1) is 6.92 Å². The minimum Gasteiger partial charge on any atom is -0.497 e. The number of benzene rings is 2. The monoisotopic (exact) mass is 415 g/mol. The van der Waals surface area contributed by atoms with Gasteiger partial charge in [-0.05, 0) is 61.4 Å². The number of nitrogens with zero attached hydrogens (tertiary/aromatic N) is 2. The molecule has 0 fully saturated rings. The Bertz CT molecular complexity index is 1110. The number of aromatic nitrogens is 1. The third-order valence-corrected chi connectivity index (χ3v) is 5.57. The highest BCUT2D eigenvalue weighted by Crippen LogP contribution is 2.38. The first kappa shape index (κ1) is 20.6. The van der Waals surface area contributed by atoms with Gasteiger partial charge in [0.2, 0.25) is 5.91 Å². The van der Waals surface area contributed by atoms with Crippen molar-refractivity contribution >= 4 is 17.5 Å². The number of hydrogen-bond donors (Lipinski definition) is 1. The van der Waals surface area contributed by atoms with Crippen LogP contribution in [0.5, 0.6) is 5.75 Å². The minimum absolute atomic E-state index is 0.129. The molecule has 2 aromatic carbocycles. The molecule has 1 aliphatic heterocycles. The molecule has 0 aliphatic carbocycles. The zero-order valence-corrected chi connectivity index (χ0v) is 17.8. The van der Waals surface area contributed by atoms with E-state index in [9.17, 15) is 9.59 Å². The average molecular weight is 415 g/mol. The van der Waals surface area contributed by atoms with E-state index in [0.717, 1.165) is 22.6 Å². The van der Waals surface area contributed by atoms with E-state index in [1.165, 1.54) is 0 Å². The lowest BCUT2D eigenvalue weighted by Crippen LogP contribution is -2.34. The van der Waals surface area contributed by atoms with Gasteiger partial charge in [0, 0.05) is 11.9 Å². The Balaban J connectivity index is 1.56. The van der Waals surface area contributed by atoms with Crippen LogP contribution in [0.3, 0.4) is 0 Å². The van der Waals surface area contributed by atoms with Crippen LogP contribution < -0.4 is 15.0 Å². The molecule has 0 saturated heterocycles. The van der Waals surface area contributed by atoms with E-state index >= 15 is 0 Å². The first-order chi connectivity index (χ1) is 15.0. The number of rotatable bonds is 6. The number of pyridine rings is 1. The van der Waals surface area contributed by atoms with Crippen LogP contribution in [0.15, 0.2) is 66.9 Å². The van der Waals surface area contributed by atoms with E-state index in [0.29, 0.717) is 11.3 Å². The van der Waals surface area contributed by atoms with Gasteiger partial charge in [0.25, 0.3) is 5.91 Å². The summed E-state index contributed by atoms with van der Waals surface area (Å²) in [5.74, 6) is 0.496. The van der Waals surface area contributed by atoms with Gasteiger partial charge in [-0.25, -0.2) is 0 Å². The molecule has 6 nitrogen and oxygen atoms in total. The van der Waals surface area contributed by atoms with Crippen LogP contribution in [0.4, 0.5) is 5.69 Å². The zero-order valence-electron chi connectivity index (χ0n) is 17.8. The second-order valence-electron chi connectivity index (χ2n) is 7.73. The number of fused-ring (bicyclic) bond motifs is 1. The van der Waals surface area contributed by atoms with Gasteiger partial charge in [-0.3, -0.25) is 19.5 Å². The van der Waals surface area contributed by atoms with Gasteiger partial charge in [-0.1, -0.05) is 24.3 Å². The van der Waals surface area contributed by atoms with Crippen molar-refractivity contribution in [2.45, 2.75) is 32.4 Å². The van der Waals surface area contributed by atoms with Crippen LogP contribution in [-0.4, -0.2) is 23.9 Å². The van der Waals surface area contributed by atoms with Gasteiger partial charge in [0.15, 0.2) is 0 Å². The van der Waals surface area contributed by atoms with Crippen molar-refractivity contribution in [3.05, 3.63) is 89.2 Å². The first-order valence-corrected chi connectivity index (χ1v) is 10.3. The summed E-state index contributed by atoms with van der Waals surface area (Å²) in [6.07, 6.45) is 1.79. The summed E-state index contributed by atoms with van der Waals surface area (Å²) in [7, 11) is 1.62. The van der Waals surface area contributed by atoms with Gasteiger partial charge in [-0.2, -0.15) is 0 Å². The van der Waals surface area contributed by atoms with Crippen LogP contribution >= 0.6 is 0 Å². The van der Waals surface area contributed by atoms with E-state index in [2.05, 4.69) is 10.3 Å². The fraction of sp³-hybridized carbons (Fsp3) is 0.240. The van der Waals surface area contributed by atoms with Crippen LogP contribution in [0.1, 0.15) is 52.6 Å². The Morgan fingerprint density at radius 3 is 2.65 bits per heavy atom. The van der Waals surface area contributed by atoms with E-state index in [-0.39, 0.29) is 24.3 Å². The Kier molecular flexibility index (Phi) is 5.71. The summed E-state index contributed by atoms with van der Waals surface area (Å²) in [5, 5.41) is 3.04. The molecule has 6 heteroatoms. The normalized spacial score (nSPS) is 16.0. The van der Waals surface area contributed by atoms with Gasteiger partial charge < -0.3 is 10.1 Å². The number of anilines is 1. The molecule has 31 heavy (non-hydrogen) atoms. The van der Waals surface area contributed by atoms with Crippen molar-refractivity contribution in [3.8, 4) is 5.75 Å². The Morgan fingerprint density at radius 1 is 1.16 bits per heavy atom. The van der Waals surface area contributed by atoms with Crippen LogP contribution in [0.25, 0.3) is 0 Å². The Hall–Kier alpha value is -3.67. The molecule has 0 bridgehead atoms. The quantitative estimate of drug-likeness (QED) is 0.649. The molecule has 4 rings (SSSR count). The predicted octanol–water partition coefficient (Wildman–Crippen LogP) is 4.37. The lowest BCUT2D eigenvalue weighted by Gasteiger charge is -2.25. The third kappa shape index (κ3) is 4.14. The van der Waals surface area contributed by atoms with Crippen molar-refractivity contribution in [1.82, 2.24) is 10.3 Å². The standard InChI is InChI=1S/C25H25N3O3/c1-16-6-4-7-19(14-16)28-22(24-21(25(28)30)8-5-13-26-24)15-23(29)27-17(2)18-9-11-20(31-3)12-10-18/h4-14,17,22H,15H2,1-3H3,(H,27,29). The number of amides is 2. The maximum Gasteiger partial charge on any atom is 0.260 e. The second-order valence-corrected chi connectivity index (χ2v) is 7.73. The fourth-order valence-corrected chi connectivity index (χ4v) is 3.97. The molecule has 2 heterocycles. The minimum atomic E-state index is -0.450. The van der Waals surface area contributed by atoms with Crippen molar-refractivity contribution in [3.63, 3.8) is 0 Å². The van der Waals surface area contributed by atoms with Crippen molar-refractivity contribution in [2.75, 3.05) is 12.0 Å². The molecule has 1 aromatic heterocycles. The van der Waals surface area contributed by atoms with Gasteiger partial charge in [0.05, 0.1) is 36.9 Å². The molecule has 2 amide bonds. The third-order valence-electron chi connectivity index (χ3n) is 5.57. The zero-order chi connectivity index (χ0) is 22.0. The molecule has 0 saturated carbocycles. The van der Waals surface area contributed by atoms with Crippen molar-refractivity contribution in [2.24, 2.45) is 0 Å². The predicted molar refractivity (Wildman–Crippen MR) is 119 cm³/mol. The summed E-state index contributed by atoms with van der Waals surface area (Å²) in [6.45, 7) is 3.91. The number of nitrogens with one attached hydrogen (secondary N) is 1. The number of methoxy groups -OCH3 is 1. The lowest BCUT2D eigenvalue weighted by atomic mass is 10.1. The fourth-order valence-electron chi connectivity index (χ4n) is 3.97. The van der Waals surface area contributed by atoms with Crippen molar-refractivity contribution < 1.29 is 14.3 Å². The molecular formula is C25H25N3O3. The molecule has 1 N–H and O–H groups in total. The number of carbonyl (C=O) groups excluding carboxylic acids is 2. The van der Waals surface area contributed by atoms with Crippen molar-refractivity contribution in [1.29, 1.82) is 0 Å². The van der Waals surface area contributed by atoms with E-state index in [1.807, 2.05) is 62.4 Å². The highest BCUT2D eigenvalue weighted by Gasteiger charge is 2.40. The maximum atomic E-state index is 13.1. The first-order valence-electron chi connectivity index (χ1n) is 10.3. The maximum absolute atomic E-state index is 13.1. The highest BCUT2D eigenvalue weighted by molar-refractivity contribution is 6.11. The summed E-state index contributed by atoms with van der Waals surface area (Å²) in [4.78, 5) is 32.2. The lowest BCUT2D eigenvalue weighted by molar-refractivity contribution is -0.122. The molecule has 3 aromatic rings. The van der Waals surface area contributed by atoms with Crippen LogP contribution in [-0.2, 0) is 4.79 Å². The number of hydrogen-bond acceptors (Lipinski definition) is 4. The smallest absolute Gasteiger partial charge is 0.260 e. The van der Waals surface area contributed by atoms with E-state index in [4.69, 9.17) is 4.74 Å². The van der Waals surface area contributed by atoms with E-state index in [1.54, 1.807) is 30.3 Å². The molecular weight excluding hydrogens is 390 g/mol. The average Bonchev–Trinajstić information content (AvgIpc) is 3.05. The Labute approximate surface area is 181 Å². The SMILES string of the molecule is COc1ccc(C(C)NC(=O)CC2c3ncccc3C(=O)N2c2cccc(C)c2)cc1.